The van der Waals surface area contributed by atoms with Crippen LogP contribution in [0.1, 0.15) is 15.9 Å². The topological polar surface area (TPSA) is 105 Å². The van der Waals surface area contributed by atoms with Gasteiger partial charge in [-0.05, 0) is 24.3 Å². The van der Waals surface area contributed by atoms with Crippen LogP contribution in [0.4, 0.5) is 5.69 Å². The van der Waals surface area contributed by atoms with E-state index in [1.807, 2.05) is 0 Å². The fraction of sp³-hybridized carbons (Fsp3) is 0.0556. The van der Waals surface area contributed by atoms with Gasteiger partial charge < -0.3 is 15.2 Å². The van der Waals surface area contributed by atoms with Crippen molar-refractivity contribution in [2.45, 2.75) is 0 Å². The number of aromatic carboxylic acids is 1. The number of rotatable bonds is 5. The van der Waals surface area contributed by atoms with E-state index < -0.39 is 17.8 Å². The van der Waals surface area contributed by atoms with Gasteiger partial charge in [-0.15, -0.1) is 0 Å². The number of benzene rings is 2. The molecule has 1 aliphatic heterocycles. The molecule has 0 aliphatic carbocycles. The van der Waals surface area contributed by atoms with Gasteiger partial charge >= 0.3 is 5.97 Å². The zero-order chi connectivity index (χ0) is 18.0. The number of para-hydroxylation sites is 1. The quantitative estimate of drug-likeness (QED) is 0.719. The molecular formula is C18H14N2O5. The van der Waals surface area contributed by atoms with Gasteiger partial charge in [0.05, 0.1) is 18.2 Å². The Kier molecular flexibility index (Phi) is 4.21. The molecule has 0 atom stereocenters. The zero-order valence-corrected chi connectivity index (χ0v) is 13.2. The molecule has 1 heterocycles. The van der Waals surface area contributed by atoms with E-state index in [1.54, 1.807) is 36.4 Å². The van der Waals surface area contributed by atoms with Crippen LogP contribution in [0.5, 0.6) is 5.75 Å². The van der Waals surface area contributed by atoms with E-state index in [-0.39, 0.29) is 16.8 Å². The number of carboxylic acids is 1. The molecule has 25 heavy (non-hydrogen) atoms. The first-order valence-electron chi connectivity index (χ1n) is 7.35. The van der Waals surface area contributed by atoms with Crippen molar-refractivity contribution >= 4 is 29.0 Å². The Morgan fingerprint density at radius 1 is 1.08 bits per heavy atom. The van der Waals surface area contributed by atoms with Gasteiger partial charge in [0, 0.05) is 11.3 Å². The maximum absolute atomic E-state index is 12.2. The van der Waals surface area contributed by atoms with Crippen molar-refractivity contribution in [3.05, 3.63) is 65.4 Å². The highest BCUT2D eigenvalue weighted by molar-refractivity contribution is 6.37. The predicted octanol–water partition coefficient (Wildman–Crippen LogP) is 1.87. The Morgan fingerprint density at radius 2 is 1.84 bits per heavy atom. The van der Waals surface area contributed by atoms with Crippen LogP contribution in [0.25, 0.3) is 5.57 Å². The van der Waals surface area contributed by atoms with Crippen LogP contribution in [0.2, 0.25) is 0 Å². The first kappa shape index (κ1) is 16.3. The molecule has 0 fully saturated rings. The van der Waals surface area contributed by atoms with E-state index in [2.05, 4.69) is 10.6 Å². The minimum atomic E-state index is -1.09. The third-order valence-electron chi connectivity index (χ3n) is 3.69. The number of ether oxygens (including phenoxy) is 1. The van der Waals surface area contributed by atoms with E-state index in [4.69, 9.17) is 9.84 Å². The SMILES string of the molecule is COc1ccccc1C1=C(Nc2cccc(C(=O)O)c2)C(=O)NC1=O. The number of imide groups is 1. The molecule has 126 valence electrons. The van der Waals surface area contributed by atoms with Gasteiger partial charge in [-0.2, -0.15) is 0 Å². The van der Waals surface area contributed by atoms with Crippen LogP contribution >= 0.6 is 0 Å². The molecule has 0 radical (unpaired) electrons. The van der Waals surface area contributed by atoms with Crippen LogP contribution in [0, 0.1) is 0 Å². The number of carbonyl (C=O) groups is 3. The van der Waals surface area contributed by atoms with E-state index in [0.29, 0.717) is 17.0 Å². The van der Waals surface area contributed by atoms with Crippen molar-refractivity contribution in [2.75, 3.05) is 12.4 Å². The summed E-state index contributed by atoms with van der Waals surface area (Å²) in [5.41, 5.74) is 1.09. The van der Waals surface area contributed by atoms with Gasteiger partial charge in [0.15, 0.2) is 0 Å². The fourth-order valence-electron chi connectivity index (χ4n) is 2.56. The molecule has 0 aromatic heterocycles. The molecule has 2 aromatic rings. The van der Waals surface area contributed by atoms with Gasteiger partial charge in [0.1, 0.15) is 11.4 Å². The third kappa shape index (κ3) is 3.07. The van der Waals surface area contributed by atoms with E-state index >= 15 is 0 Å². The average molecular weight is 338 g/mol. The maximum Gasteiger partial charge on any atom is 0.335 e. The van der Waals surface area contributed by atoms with Crippen LogP contribution in [-0.4, -0.2) is 30.0 Å². The number of anilines is 1. The summed E-state index contributed by atoms with van der Waals surface area (Å²) >= 11 is 0. The molecule has 1 aliphatic rings. The van der Waals surface area contributed by atoms with Crippen molar-refractivity contribution in [3.63, 3.8) is 0 Å². The lowest BCUT2D eigenvalue weighted by molar-refractivity contribution is -0.123. The second-order valence-corrected chi connectivity index (χ2v) is 5.24. The smallest absolute Gasteiger partial charge is 0.335 e. The zero-order valence-electron chi connectivity index (χ0n) is 13.2. The Bertz CT molecular complexity index is 917. The summed E-state index contributed by atoms with van der Waals surface area (Å²) in [6, 6.07) is 12.8. The lowest BCUT2D eigenvalue weighted by Gasteiger charge is -2.11. The van der Waals surface area contributed by atoms with Crippen molar-refractivity contribution in [1.29, 1.82) is 0 Å². The highest BCUT2D eigenvalue weighted by Gasteiger charge is 2.33. The number of hydrogen-bond donors (Lipinski definition) is 3. The minimum absolute atomic E-state index is 0.0389. The van der Waals surface area contributed by atoms with E-state index in [1.165, 1.54) is 19.2 Å². The Balaban J connectivity index is 2.08. The highest BCUT2D eigenvalue weighted by Crippen LogP contribution is 2.31. The molecule has 0 saturated carbocycles. The largest absolute Gasteiger partial charge is 0.496 e. The first-order valence-corrected chi connectivity index (χ1v) is 7.35. The number of nitrogens with one attached hydrogen (secondary N) is 2. The fourth-order valence-corrected chi connectivity index (χ4v) is 2.56. The van der Waals surface area contributed by atoms with Crippen molar-refractivity contribution < 1.29 is 24.2 Å². The molecule has 3 rings (SSSR count). The van der Waals surface area contributed by atoms with E-state index in [9.17, 15) is 14.4 Å². The molecule has 0 unspecified atom stereocenters. The number of carbonyl (C=O) groups excluding carboxylic acids is 2. The molecule has 2 amide bonds. The van der Waals surface area contributed by atoms with Gasteiger partial charge in [-0.25, -0.2) is 4.79 Å². The molecule has 0 bridgehead atoms. The van der Waals surface area contributed by atoms with Gasteiger partial charge in [-0.1, -0.05) is 24.3 Å². The van der Waals surface area contributed by atoms with Gasteiger partial charge in [-0.3, -0.25) is 14.9 Å². The summed E-state index contributed by atoms with van der Waals surface area (Å²) in [7, 11) is 1.47. The summed E-state index contributed by atoms with van der Waals surface area (Å²) in [5.74, 6) is -1.78. The normalized spacial score (nSPS) is 13.6. The lowest BCUT2D eigenvalue weighted by Crippen LogP contribution is -2.24. The molecule has 7 nitrogen and oxygen atoms in total. The standard InChI is InChI=1S/C18H14N2O5/c1-25-13-8-3-2-7-12(13)14-15(17(22)20-16(14)21)19-11-6-4-5-10(9-11)18(23)24/h2-9H,1H3,(H,23,24)(H2,19,20,21,22). The maximum atomic E-state index is 12.2. The average Bonchev–Trinajstić information content (AvgIpc) is 2.88. The first-order chi connectivity index (χ1) is 12.0. The molecule has 0 spiro atoms. The Hall–Kier alpha value is -3.61. The summed E-state index contributed by atoms with van der Waals surface area (Å²) in [6.45, 7) is 0. The number of amides is 2. The monoisotopic (exact) mass is 338 g/mol. The van der Waals surface area contributed by atoms with Crippen molar-refractivity contribution in [3.8, 4) is 5.75 Å². The minimum Gasteiger partial charge on any atom is -0.496 e. The van der Waals surface area contributed by atoms with Crippen molar-refractivity contribution in [1.82, 2.24) is 5.32 Å². The molecule has 0 saturated heterocycles. The Morgan fingerprint density at radius 3 is 2.56 bits per heavy atom. The predicted molar refractivity (Wildman–Crippen MR) is 90.1 cm³/mol. The molecule has 7 heteroatoms. The highest BCUT2D eigenvalue weighted by atomic mass is 16.5. The molecule has 2 aromatic carbocycles. The van der Waals surface area contributed by atoms with Crippen molar-refractivity contribution in [2.24, 2.45) is 0 Å². The molecule has 3 N–H and O–H groups in total. The van der Waals surface area contributed by atoms with E-state index in [0.717, 1.165) is 0 Å². The number of hydrogen-bond acceptors (Lipinski definition) is 5. The van der Waals surface area contributed by atoms with Gasteiger partial charge in [0.25, 0.3) is 11.8 Å². The van der Waals surface area contributed by atoms with Crippen LogP contribution in [0.15, 0.2) is 54.2 Å². The second kappa shape index (κ2) is 6.48. The summed E-state index contributed by atoms with van der Waals surface area (Å²) in [6.07, 6.45) is 0. The number of carboxylic acid groups (broad SMARTS) is 1. The summed E-state index contributed by atoms with van der Waals surface area (Å²) in [5, 5.41) is 14.2. The number of methoxy groups -OCH3 is 1. The van der Waals surface area contributed by atoms with Gasteiger partial charge in [0.2, 0.25) is 0 Å². The third-order valence-corrected chi connectivity index (χ3v) is 3.69. The van der Waals surface area contributed by atoms with Crippen LogP contribution in [0.3, 0.4) is 0 Å². The lowest BCUT2D eigenvalue weighted by atomic mass is 10.0. The van der Waals surface area contributed by atoms with Crippen LogP contribution in [-0.2, 0) is 9.59 Å². The van der Waals surface area contributed by atoms with Crippen LogP contribution < -0.4 is 15.4 Å². The Labute approximate surface area is 142 Å². The molecular weight excluding hydrogens is 324 g/mol. The summed E-state index contributed by atoms with van der Waals surface area (Å²) in [4.78, 5) is 35.5. The summed E-state index contributed by atoms with van der Waals surface area (Å²) < 4.78 is 5.26. The second-order valence-electron chi connectivity index (χ2n) is 5.24.